The minimum Gasteiger partial charge on any atom is -0.481 e. The van der Waals surface area contributed by atoms with Crippen molar-refractivity contribution in [3.8, 4) is 0 Å². The number of nitrogens with one attached hydrogen (secondary N) is 2. The molecule has 0 aliphatic carbocycles. The number of aliphatic hydroxyl groups is 2. The zero-order valence-electron chi connectivity index (χ0n) is 31.4. The van der Waals surface area contributed by atoms with Crippen LogP contribution in [0.15, 0.2) is 24.8 Å². The monoisotopic (exact) mass is 921 g/mol. The van der Waals surface area contributed by atoms with E-state index in [1.165, 1.54) is 19.9 Å². The summed E-state index contributed by atoms with van der Waals surface area (Å²) < 4.78 is 62.1. The second-order valence-electron chi connectivity index (χ2n) is 13.3. The number of rotatable bonds is 25. The van der Waals surface area contributed by atoms with E-state index in [1.54, 1.807) is 6.08 Å². The van der Waals surface area contributed by atoms with Crippen molar-refractivity contribution in [2.45, 2.75) is 76.6 Å². The molecule has 2 amide bonds. The number of carboxylic acids is 1. The van der Waals surface area contributed by atoms with Gasteiger partial charge in [-0.3, -0.25) is 37.3 Å². The maximum absolute atomic E-state index is 12.7. The largest absolute Gasteiger partial charge is 0.481 e. The smallest absolute Gasteiger partial charge is 0.481 e. The zero-order chi connectivity index (χ0) is 44.2. The lowest BCUT2D eigenvalue weighted by Crippen LogP contribution is -2.46. The highest BCUT2D eigenvalue weighted by atomic mass is 32.2. The Morgan fingerprint density at radius 2 is 1.73 bits per heavy atom. The van der Waals surface area contributed by atoms with Gasteiger partial charge in [-0.2, -0.15) is 4.31 Å². The molecule has 30 heteroatoms. The van der Waals surface area contributed by atoms with Gasteiger partial charge >= 0.3 is 29.4 Å². The highest BCUT2D eigenvalue weighted by Gasteiger charge is 2.50. The Morgan fingerprint density at radius 3 is 2.41 bits per heavy atom. The Hall–Kier alpha value is -3.23. The lowest BCUT2D eigenvalue weighted by molar-refractivity contribution is -0.137. The van der Waals surface area contributed by atoms with Crippen LogP contribution in [0.3, 0.4) is 0 Å². The van der Waals surface area contributed by atoms with Crippen molar-refractivity contribution in [3.63, 3.8) is 0 Å². The van der Waals surface area contributed by atoms with Gasteiger partial charge in [-0.1, -0.05) is 31.7 Å². The maximum atomic E-state index is 12.7. The summed E-state index contributed by atoms with van der Waals surface area (Å²) in [5, 5.41) is 34.7. The number of anilines is 1. The fourth-order valence-electron chi connectivity index (χ4n) is 5.05. The standard InChI is InChI=1S/C29H46N7O19P3S/c1-29(2,24(42)27(43)32-10-9-18(37)31-11-12-59-20(40)8-6-4-3-5-7-19(38)39)14-52-58(49,50)55-57(47,48)51-13-17-23(54-56(44,45)46)22(41)28(53-17)36-16-35-21-25(30)33-15-34-26(21)36/h6,8,15-17,22-24,28,41-42H,3-5,7,9-14H2,1-2H3,(H,31,37)(H,32,43)(H,38,39)(H,47,48)(H,49,50)(H2,30,33,34)(H2,44,45,46)/b8-6+/t17-,22-,23-,24+,28-/m1/s1. The van der Waals surface area contributed by atoms with Crippen LogP contribution in [-0.2, 0) is 55.5 Å². The first-order valence-corrected chi connectivity index (χ1v) is 22.9. The third kappa shape index (κ3) is 16.6. The molecule has 2 aromatic rings. The van der Waals surface area contributed by atoms with Gasteiger partial charge in [-0.15, -0.1) is 0 Å². The number of aliphatic carboxylic acids is 1. The summed E-state index contributed by atoms with van der Waals surface area (Å²) in [5.41, 5.74) is 4.22. The molecule has 0 radical (unpaired) electrons. The van der Waals surface area contributed by atoms with Gasteiger partial charge in [0.1, 0.15) is 36.3 Å². The SMILES string of the molecule is CC(C)(COP(=O)(O)OP(=O)(O)OC[C@H]1O[C@@H](n2cnc3c(N)ncnc32)[C@H](O)[C@@H]1OP(=O)(O)O)[C@@H](O)C(=O)NCCC(=O)NCCSC(=O)/C=C/CCCCC(=O)O. The molecule has 332 valence electrons. The van der Waals surface area contributed by atoms with E-state index in [4.69, 9.17) is 24.6 Å². The molecule has 2 unspecified atom stereocenters. The molecular formula is C29H46N7O19P3S. The van der Waals surface area contributed by atoms with Gasteiger partial charge in [-0.05, 0) is 25.3 Å². The summed E-state index contributed by atoms with van der Waals surface area (Å²) >= 11 is 0.958. The summed E-state index contributed by atoms with van der Waals surface area (Å²) in [7, 11) is -16.4. The molecule has 0 saturated carbocycles. The van der Waals surface area contributed by atoms with Crippen molar-refractivity contribution in [2.24, 2.45) is 5.41 Å². The number of amides is 2. The number of carbonyl (C=O) groups is 4. The Morgan fingerprint density at radius 1 is 1.03 bits per heavy atom. The number of imidazole rings is 1. The molecule has 0 spiro atoms. The number of carbonyl (C=O) groups excluding carboxylic acids is 3. The lowest BCUT2D eigenvalue weighted by atomic mass is 9.87. The van der Waals surface area contributed by atoms with Crippen LogP contribution in [-0.4, -0.2) is 134 Å². The number of allylic oxidation sites excluding steroid dienone is 1. The van der Waals surface area contributed by atoms with Crippen LogP contribution in [0, 0.1) is 5.41 Å². The quantitative estimate of drug-likeness (QED) is 0.0352. The van der Waals surface area contributed by atoms with Crippen molar-refractivity contribution >= 4 is 75.1 Å². The fraction of sp³-hybridized carbons (Fsp3) is 0.621. The second kappa shape index (κ2) is 22.0. The van der Waals surface area contributed by atoms with Crippen LogP contribution in [0.4, 0.5) is 5.82 Å². The first-order chi connectivity index (χ1) is 27.4. The van der Waals surface area contributed by atoms with Crippen molar-refractivity contribution in [2.75, 3.05) is 37.8 Å². The van der Waals surface area contributed by atoms with Gasteiger partial charge in [0, 0.05) is 37.1 Å². The van der Waals surface area contributed by atoms with E-state index < -0.39 is 90.5 Å². The number of phosphoric ester groups is 3. The third-order valence-corrected chi connectivity index (χ3v) is 11.9. The molecular weight excluding hydrogens is 875 g/mol. The van der Waals surface area contributed by atoms with E-state index in [-0.39, 0.29) is 53.8 Å². The summed E-state index contributed by atoms with van der Waals surface area (Å²) in [6.45, 7) is 0.322. The van der Waals surface area contributed by atoms with Gasteiger partial charge in [0.05, 0.1) is 19.5 Å². The molecule has 1 aliphatic rings. The minimum atomic E-state index is -5.59. The number of aliphatic hydroxyl groups excluding tert-OH is 2. The third-order valence-electron chi connectivity index (χ3n) is 8.01. The van der Waals surface area contributed by atoms with Crippen molar-refractivity contribution in [3.05, 3.63) is 24.8 Å². The first-order valence-electron chi connectivity index (χ1n) is 17.4. The molecule has 2 aromatic heterocycles. The Kier molecular flexibility index (Phi) is 18.7. The molecule has 0 bridgehead atoms. The normalized spacial score (nSPS) is 21.2. The molecule has 3 rings (SSSR count). The topological polar surface area (TPSA) is 401 Å². The van der Waals surface area contributed by atoms with E-state index in [1.807, 2.05) is 0 Å². The van der Waals surface area contributed by atoms with Gasteiger partial charge in [0.2, 0.25) is 16.9 Å². The van der Waals surface area contributed by atoms with E-state index in [0.717, 1.165) is 29.0 Å². The minimum absolute atomic E-state index is 0.0219. The van der Waals surface area contributed by atoms with Crippen LogP contribution in [0.5, 0.6) is 0 Å². The number of ether oxygens (including phenoxy) is 1. The summed E-state index contributed by atoms with van der Waals surface area (Å²) in [4.78, 5) is 98.0. The van der Waals surface area contributed by atoms with Gasteiger partial charge in [-0.25, -0.2) is 28.6 Å². The lowest BCUT2D eigenvalue weighted by Gasteiger charge is -2.30. The number of nitrogens with two attached hydrogens (primary N) is 1. The maximum Gasteiger partial charge on any atom is 0.481 e. The molecule has 1 aliphatic heterocycles. The van der Waals surface area contributed by atoms with Crippen LogP contribution >= 0.6 is 35.2 Å². The highest BCUT2D eigenvalue weighted by Crippen LogP contribution is 2.61. The molecule has 59 heavy (non-hydrogen) atoms. The Labute approximate surface area is 339 Å². The molecule has 3 heterocycles. The number of phosphoric acid groups is 3. The average Bonchev–Trinajstić information content (AvgIpc) is 3.69. The molecule has 11 N–H and O–H groups in total. The number of fused-ring (bicyclic) bond motifs is 1. The van der Waals surface area contributed by atoms with E-state index >= 15 is 0 Å². The summed E-state index contributed by atoms with van der Waals surface area (Å²) in [5.74, 6) is -2.16. The van der Waals surface area contributed by atoms with Crippen LogP contribution in [0.2, 0.25) is 0 Å². The number of aromatic nitrogens is 4. The predicted molar refractivity (Wildman–Crippen MR) is 202 cm³/mol. The molecule has 1 saturated heterocycles. The molecule has 0 aromatic carbocycles. The van der Waals surface area contributed by atoms with Gasteiger partial charge < -0.3 is 56.0 Å². The number of hydrogen-bond acceptors (Lipinski definition) is 19. The molecule has 1 fully saturated rings. The average molecular weight is 922 g/mol. The van der Waals surface area contributed by atoms with Crippen LogP contribution in [0.1, 0.15) is 52.2 Å². The fourth-order valence-corrected chi connectivity index (χ4v) is 8.47. The molecule has 7 atom stereocenters. The number of unbranched alkanes of at least 4 members (excludes halogenated alkanes) is 2. The Balaban J connectivity index is 1.43. The number of nitrogen functional groups attached to an aromatic ring is 1. The van der Waals surface area contributed by atoms with Gasteiger partial charge in [0.25, 0.3) is 0 Å². The highest BCUT2D eigenvalue weighted by molar-refractivity contribution is 8.14. The van der Waals surface area contributed by atoms with Crippen molar-refractivity contribution < 1.29 is 90.4 Å². The van der Waals surface area contributed by atoms with Crippen molar-refractivity contribution in [1.82, 2.24) is 30.2 Å². The number of hydrogen-bond donors (Lipinski definition) is 10. The molecule has 26 nitrogen and oxygen atoms in total. The second-order valence-corrected chi connectivity index (χ2v) is 18.6. The first kappa shape index (κ1) is 50.1. The van der Waals surface area contributed by atoms with E-state index in [2.05, 4.69) is 34.4 Å². The number of thioether (sulfide) groups is 1. The van der Waals surface area contributed by atoms with Crippen LogP contribution in [0.25, 0.3) is 11.2 Å². The van der Waals surface area contributed by atoms with Crippen LogP contribution < -0.4 is 16.4 Å². The van der Waals surface area contributed by atoms with Gasteiger partial charge in [0.15, 0.2) is 17.7 Å². The number of carboxylic acid groups (broad SMARTS) is 1. The summed E-state index contributed by atoms with van der Waals surface area (Å²) in [6.07, 6.45) is -2.29. The van der Waals surface area contributed by atoms with Crippen molar-refractivity contribution in [1.29, 1.82) is 0 Å². The Bertz CT molecular complexity index is 1970. The summed E-state index contributed by atoms with van der Waals surface area (Å²) in [6, 6.07) is 0. The van der Waals surface area contributed by atoms with E-state index in [9.17, 15) is 62.7 Å². The predicted octanol–water partition coefficient (Wildman–Crippen LogP) is -0.134. The van der Waals surface area contributed by atoms with E-state index in [0.29, 0.717) is 19.3 Å². The zero-order valence-corrected chi connectivity index (χ0v) is 34.9. The number of nitrogens with zero attached hydrogens (tertiary/aromatic N) is 4.